The molecule has 6 N–H and O–H groups in total. The Labute approximate surface area is 161 Å². The van der Waals surface area contributed by atoms with Gasteiger partial charge in [-0.2, -0.15) is 4.98 Å². The number of carbonyl (C=O) groups is 1. The fraction of sp³-hybridized carbons (Fsp3) is 0.278. The van der Waals surface area contributed by atoms with Crippen molar-refractivity contribution in [2.24, 2.45) is 0 Å². The lowest BCUT2D eigenvalue weighted by Crippen LogP contribution is -2.37. The Morgan fingerprint density at radius 3 is 2.89 bits per heavy atom. The van der Waals surface area contributed by atoms with Gasteiger partial charge in [-0.05, 0) is 50.3 Å². The standard InChI is InChI=1S/C18H21ClN6O2/c19-13-2-1-11(14(20)5-8-23-12-3-6-22-7-4-12)9-15(13)24-17(26)16-10-27-18(21)25-16/h1-2,5,8-10,12,20,22-23H,3-4,6-7H2,(H2,21,25)(H,24,26)/b8-5-,20-14?. The zero-order valence-electron chi connectivity index (χ0n) is 14.6. The maximum atomic E-state index is 12.2. The minimum atomic E-state index is -0.496. The summed E-state index contributed by atoms with van der Waals surface area (Å²) in [6.45, 7) is 2.00. The minimum Gasteiger partial charge on any atom is -0.431 e. The van der Waals surface area contributed by atoms with E-state index in [2.05, 4.69) is 20.9 Å². The van der Waals surface area contributed by atoms with E-state index in [0.29, 0.717) is 28.0 Å². The number of nitrogens with two attached hydrogens (primary N) is 1. The van der Waals surface area contributed by atoms with Gasteiger partial charge in [0.2, 0.25) is 0 Å². The highest BCUT2D eigenvalue weighted by Crippen LogP contribution is 2.24. The number of hydrogen-bond donors (Lipinski definition) is 5. The molecule has 0 unspecified atom stereocenters. The van der Waals surface area contributed by atoms with E-state index < -0.39 is 5.91 Å². The van der Waals surface area contributed by atoms with Crippen LogP contribution in [0.1, 0.15) is 28.9 Å². The average molecular weight is 389 g/mol. The normalized spacial score (nSPS) is 15.0. The van der Waals surface area contributed by atoms with E-state index in [1.807, 2.05) is 0 Å². The van der Waals surface area contributed by atoms with Gasteiger partial charge in [-0.15, -0.1) is 0 Å². The number of oxazole rings is 1. The fourth-order valence-electron chi connectivity index (χ4n) is 2.72. The summed E-state index contributed by atoms with van der Waals surface area (Å²) in [6.07, 6.45) is 6.76. The summed E-state index contributed by atoms with van der Waals surface area (Å²) in [7, 11) is 0. The summed E-state index contributed by atoms with van der Waals surface area (Å²) in [5.74, 6) is -0.496. The first kappa shape index (κ1) is 18.9. The number of amides is 1. The number of nitrogen functional groups attached to an aromatic ring is 1. The van der Waals surface area contributed by atoms with Crippen LogP contribution in [0.25, 0.3) is 0 Å². The van der Waals surface area contributed by atoms with Crippen LogP contribution in [-0.4, -0.2) is 35.7 Å². The molecule has 1 aromatic carbocycles. The Morgan fingerprint density at radius 2 is 2.19 bits per heavy atom. The summed E-state index contributed by atoms with van der Waals surface area (Å²) < 4.78 is 4.83. The molecule has 0 spiro atoms. The van der Waals surface area contributed by atoms with Crippen molar-refractivity contribution in [2.75, 3.05) is 24.1 Å². The molecule has 1 fully saturated rings. The zero-order chi connectivity index (χ0) is 19.2. The molecule has 1 aromatic heterocycles. The fourth-order valence-corrected chi connectivity index (χ4v) is 2.88. The maximum Gasteiger partial charge on any atom is 0.292 e. The predicted octanol–water partition coefficient (Wildman–Crippen LogP) is 2.39. The van der Waals surface area contributed by atoms with Crippen LogP contribution in [0.15, 0.2) is 41.2 Å². The summed E-state index contributed by atoms with van der Waals surface area (Å²) in [5, 5.41) is 17.9. The number of anilines is 2. The van der Waals surface area contributed by atoms with Crippen LogP contribution in [0.4, 0.5) is 11.7 Å². The van der Waals surface area contributed by atoms with Crippen molar-refractivity contribution in [2.45, 2.75) is 18.9 Å². The minimum absolute atomic E-state index is 0.0510. The van der Waals surface area contributed by atoms with Gasteiger partial charge in [-0.3, -0.25) is 4.79 Å². The van der Waals surface area contributed by atoms with Gasteiger partial charge in [0.15, 0.2) is 5.69 Å². The molecule has 2 aromatic rings. The first-order chi connectivity index (χ1) is 13.0. The highest BCUT2D eigenvalue weighted by molar-refractivity contribution is 6.34. The van der Waals surface area contributed by atoms with Crippen LogP contribution in [0, 0.1) is 5.41 Å². The number of benzene rings is 1. The van der Waals surface area contributed by atoms with Gasteiger partial charge in [0, 0.05) is 11.6 Å². The Kier molecular flexibility index (Phi) is 6.10. The average Bonchev–Trinajstić information content (AvgIpc) is 3.11. The third kappa shape index (κ3) is 5.08. The summed E-state index contributed by atoms with van der Waals surface area (Å²) >= 11 is 6.15. The van der Waals surface area contributed by atoms with Gasteiger partial charge in [0.1, 0.15) is 6.26 Å². The van der Waals surface area contributed by atoms with Crippen molar-refractivity contribution in [3.8, 4) is 0 Å². The quantitative estimate of drug-likeness (QED) is 0.483. The molecule has 142 valence electrons. The van der Waals surface area contributed by atoms with E-state index in [1.165, 1.54) is 6.26 Å². The Bertz CT molecular complexity index is 857. The van der Waals surface area contributed by atoms with Crippen LogP contribution < -0.4 is 21.7 Å². The number of carbonyl (C=O) groups excluding carboxylic acids is 1. The van der Waals surface area contributed by atoms with Crippen molar-refractivity contribution in [3.05, 3.63) is 53.0 Å². The molecule has 3 rings (SSSR count). The number of halogens is 1. The van der Waals surface area contributed by atoms with E-state index in [-0.39, 0.29) is 11.7 Å². The smallest absolute Gasteiger partial charge is 0.292 e. The molecule has 1 aliphatic rings. The largest absolute Gasteiger partial charge is 0.431 e. The number of nitrogens with zero attached hydrogens (tertiary/aromatic N) is 1. The number of piperidine rings is 1. The molecule has 8 nitrogen and oxygen atoms in total. The lowest BCUT2D eigenvalue weighted by Gasteiger charge is -2.22. The highest BCUT2D eigenvalue weighted by atomic mass is 35.5. The lowest BCUT2D eigenvalue weighted by atomic mass is 10.1. The summed E-state index contributed by atoms with van der Waals surface area (Å²) in [5.41, 5.74) is 6.73. The van der Waals surface area contributed by atoms with Crippen LogP contribution in [0.5, 0.6) is 0 Å². The number of nitrogens with one attached hydrogen (secondary N) is 4. The van der Waals surface area contributed by atoms with E-state index >= 15 is 0 Å². The lowest BCUT2D eigenvalue weighted by molar-refractivity contribution is 0.102. The van der Waals surface area contributed by atoms with E-state index in [4.69, 9.17) is 27.2 Å². The molecule has 0 radical (unpaired) electrons. The molecule has 0 saturated carbocycles. The van der Waals surface area contributed by atoms with Gasteiger partial charge < -0.3 is 31.5 Å². The Hall–Kier alpha value is -2.84. The molecule has 9 heteroatoms. The van der Waals surface area contributed by atoms with Crippen LogP contribution in [0.2, 0.25) is 5.02 Å². The van der Waals surface area contributed by atoms with Crippen molar-refractivity contribution in [3.63, 3.8) is 0 Å². The zero-order valence-corrected chi connectivity index (χ0v) is 15.3. The van der Waals surface area contributed by atoms with Crippen LogP contribution in [-0.2, 0) is 0 Å². The van der Waals surface area contributed by atoms with Crippen LogP contribution >= 0.6 is 11.6 Å². The van der Waals surface area contributed by atoms with Crippen LogP contribution in [0.3, 0.4) is 0 Å². The third-order valence-electron chi connectivity index (χ3n) is 4.20. The molecule has 1 amide bonds. The molecular weight excluding hydrogens is 368 g/mol. The monoisotopic (exact) mass is 388 g/mol. The van der Waals surface area contributed by atoms with Crippen molar-refractivity contribution in [1.29, 1.82) is 5.41 Å². The SMILES string of the molecule is N=C(/C=C\NC1CCNCC1)c1ccc(Cl)c(NC(=O)c2coc(N)n2)c1. The molecule has 1 saturated heterocycles. The van der Waals surface area contributed by atoms with Gasteiger partial charge in [-0.1, -0.05) is 17.7 Å². The van der Waals surface area contributed by atoms with Gasteiger partial charge in [0.25, 0.3) is 11.9 Å². The second kappa shape index (κ2) is 8.70. The third-order valence-corrected chi connectivity index (χ3v) is 4.53. The molecule has 0 atom stereocenters. The molecule has 0 bridgehead atoms. The molecule has 27 heavy (non-hydrogen) atoms. The maximum absolute atomic E-state index is 12.2. The van der Waals surface area contributed by atoms with Gasteiger partial charge in [0.05, 0.1) is 16.4 Å². The second-order valence-electron chi connectivity index (χ2n) is 6.16. The Morgan fingerprint density at radius 1 is 1.41 bits per heavy atom. The topological polar surface area (TPSA) is 129 Å². The molecular formula is C18H21ClN6O2. The second-order valence-corrected chi connectivity index (χ2v) is 6.56. The van der Waals surface area contributed by atoms with Gasteiger partial charge >= 0.3 is 0 Å². The predicted molar refractivity (Wildman–Crippen MR) is 105 cm³/mol. The number of aromatic nitrogens is 1. The molecule has 2 heterocycles. The summed E-state index contributed by atoms with van der Waals surface area (Å²) in [4.78, 5) is 15.9. The van der Waals surface area contributed by atoms with E-state index in [9.17, 15) is 4.79 Å². The van der Waals surface area contributed by atoms with Crippen molar-refractivity contribution in [1.82, 2.24) is 15.6 Å². The van der Waals surface area contributed by atoms with Gasteiger partial charge in [-0.25, -0.2) is 0 Å². The summed E-state index contributed by atoms with van der Waals surface area (Å²) in [6, 6.07) is 5.33. The van der Waals surface area contributed by atoms with E-state index in [0.717, 1.165) is 25.9 Å². The molecule has 1 aliphatic heterocycles. The van der Waals surface area contributed by atoms with Crippen molar-refractivity contribution >= 4 is 34.9 Å². The highest BCUT2D eigenvalue weighted by Gasteiger charge is 2.14. The number of hydrogen-bond acceptors (Lipinski definition) is 7. The Balaban J connectivity index is 1.64. The number of rotatable bonds is 6. The van der Waals surface area contributed by atoms with E-state index in [1.54, 1.807) is 30.5 Å². The first-order valence-corrected chi connectivity index (χ1v) is 8.95. The molecule has 0 aliphatic carbocycles. The number of allylic oxidation sites excluding steroid dienone is 1. The van der Waals surface area contributed by atoms with Crippen molar-refractivity contribution < 1.29 is 9.21 Å². The first-order valence-electron chi connectivity index (χ1n) is 8.57.